The van der Waals surface area contributed by atoms with Gasteiger partial charge in [0, 0.05) is 24.0 Å². The van der Waals surface area contributed by atoms with Gasteiger partial charge in [-0.15, -0.1) is 0 Å². The van der Waals surface area contributed by atoms with Crippen LogP contribution in [0.2, 0.25) is 0 Å². The third kappa shape index (κ3) is 4.79. The van der Waals surface area contributed by atoms with Crippen LogP contribution >= 0.6 is 0 Å². The van der Waals surface area contributed by atoms with Crippen LogP contribution in [-0.2, 0) is 4.79 Å². The van der Waals surface area contributed by atoms with Gasteiger partial charge in [0.05, 0.1) is 13.0 Å². The second kappa shape index (κ2) is 8.78. The van der Waals surface area contributed by atoms with Crippen molar-refractivity contribution >= 4 is 5.97 Å². The second-order valence-electron chi connectivity index (χ2n) is 9.47. The van der Waals surface area contributed by atoms with Gasteiger partial charge in [-0.05, 0) is 53.9 Å². The molecule has 1 heterocycles. The number of hydrogen-bond donors (Lipinski definition) is 1. The molecule has 0 amide bonds. The minimum absolute atomic E-state index is 0.0561. The summed E-state index contributed by atoms with van der Waals surface area (Å²) in [5.74, 6) is 0.623. The van der Waals surface area contributed by atoms with Crippen molar-refractivity contribution in [3.05, 3.63) is 71.4 Å². The highest BCUT2D eigenvalue weighted by Crippen LogP contribution is 2.45. The molecule has 31 heavy (non-hydrogen) atoms. The minimum Gasteiger partial charge on any atom is -0.492 e. The molecule has 0 saturated heterocycles. The van der Waals surface area contributed by atoms with Crippen LogP contribution in [0.15, 0.2) is 65.8 Å². The third-order valence-corrected chi connectivity index (χ3v) is 6.67. The highest BCUT2D eigenvalue weighted by Gasteiger charge is 2.31. The molecule has 0 unspecified atom stereocenters. The van der Waals surface area contributed by atoms with Gasteiger partial charge in [0.25, 0.3) is 0 Å². The van der Waals surface area contributed by atoms with E-state index >= 15 is 0 Å². The van der Waals surface area contributed by atoms with Gasteiger partial charge < -0.3 is 14.6 Å². The summed E-state index contributed by atoms with van der Waals surface area (Å²) in [7, 11) is 0. The Kier molecular flexibility index (Phi) is 6.08. The standard InChI is InChI=1S/C27H32O4/c1-18-10-11-20(7-4-5-8-22(18)24-9-6-14-27(24,2)3)31-21-12-13-23-19(15-26(28)29)17-30-25(23)16-21/h4-5,8-9,12-13,16,19-20H,1,6-7,10-11,14-15,17H2,2-3H3,(H,28,29)/b5-4-,22-8?/t19-,20+/m1/s1. The van der Waals surface area contributed by atoms with Crippen LogP contribution in [-0.4, -0.2) is 23.8 Å². The molecule has 1 aliphatic heterocycles. The first-order chi connectivity index (χ1) is 14.8. The fourth-order valence-electron chi connectivity index (χ4n) is 4.85. The molecule has 0 saturated carbocycles. The van der Waals surface area contributed by atoms with Crippen molar-refractivity contribution < 1.29 is 19.4 Å². The summed E-state index contributed by atoms with van der Waals surface area (Å²) >= 11 is 0. The van der Waals surface area contributed by atoms with Crippen LogP contribution in [0, 0.1) is 5.41 Å². The Morgan fingerprint density at radius 3 is 2.94 bits per heavy atom. The zero-order chi connectivity index (χ0) is 22.0. The number of fused-ring (bicyclic) bond motifs is 1. The van der Waals surface area contributed by atoms with E-state index in [1.807, 2.05) is 18.2 Å². The van der Waals surface area contributed by atoms with Crippen molar-refractivity contribution in [1.82, 2.24) is 0 Å². The zero-order valence-electron chi connectivity index (χ0n) is 18.5. The number of ether oxygens (including phenoxy) is 2. The van der Waals surface area contributed by atoms with Crippen molar-refractivity contribution in [3.63, 3.8) is 0 Å². The van der Waals surface area contributed by atoms with E-state index in [9.17, 15) is 4.79 Å². The molecule has 4 nitrogen and oxygen atoms in total. The lowest BCUT2D eigenvalue weighted by Gasteiger charge is -2.26. The number of allylic oxidation sites excluding steroid dienone is 6. The molecule has 164 valence electrons. The van der Waals surface area contributed by atoms with E-state index in [1.165, 1.54) is 23.1 Å². The second-order valence-corrected chi connectivity index (χ2v) is 9.47. The molecule has 0 radical (unpaired) electrons. The fourth-order valence-corrected chi connectivity index (χ4v) is 4.85. The number of rotatable bonds is 5. The Labute approximate surface area is 185 Å². The van der Waals surface area contributed by atoms with Gasteiger partial charge in [-0.2, -0.15) is 0 Å². The lowest BCUT2D eigenvalue weighted by Crippen LogP contribution is -2.16. The van der Waals surface area contributed by atoms with Crippen molar-refractivity contribution in [3.8, 4) is 11.5 Å². The maximum atomic E-state index is 11.1. The molecular weight excluding hydrogens is 388 g/mol. The average molecular weight is 421 g/mol. The first-order valence-corrected chi connectivity index (χ1v) is 11.2. The van der Waals surface area contributed by atoms with E-state index in [2.05, 4.69) is 44.7 Å². The van der Waals surface area contributed by atoms with Gasteiger partial charge in [0.15, 0.2) is 0 Å². The molecule has 2 atom stereocenters. The SMILES string of the molecule is C=C1CC[C@@H](Oc2ccc3c(c2)OC[C@H]3CC(=O)O)C/C=C\C=C1C1=CCCC1(C)C. The van der Waals surface area contributed by atoms with Crippen LogP contribution in [0.5, 0.6) is 11.5 Å². The van der Waals surface area contributed by atoms with Gasteiger partial charge >= 0.3 is 5.97 Å². The number of carboxylic acids is 1. The number of hydrogen-bond acceptors (Lipinski definition) is 3. The van der Waals surface area contributed by atoms with Gasteiger partial charge in [-0.1, -0.05) is 50.8 Å². The topological polar surface area (TPSA) is 55.8 Å². The quantitative estimate of drug-likeness (QED) is 0.603. The van der Waals surface area contributed by atoms with Crippen LogP contribution in [0.4, 0.5) is 0 Å². The summed E-state index contributed by atoms with van der Waals surface area (Å²) in [6.07, 6.45) is 14.0. The maximum Gasteiger partial charge on any atom is 0.304 e. The number of benzene rings is 1. The van der Waals surface area contributed by atoms with E-state index in [4.69, 9.17) is 14.6 Å². The number of carboxylic acid groups (broad SMARTS) is 1. The highest BCUT2D eigenvalue weighted by atomic mass is 16.5. The van der Waals surface area contributed by atoms with E-state index < -0.39 is 5.97 Å². The molecule has 2 aliphatic carbocycles. The number of carbonyl (C=O) groups is 1. The summed E-state index contributed by atoms with van der Waals surface area (Å²) in [6.45, 7) is 9.45. The molecule has 4 heteroatoms. The van der Waals surface area contributed by atoms with Gasteiger partial charge in [0.2, 0.25) is 0 Å². The summed E-state index contributed by atoms with van der Waals surface area (Å²) in [6, 6.07) is 5.78. The number of aliphatic carboxylic acids is 1. The minimum atomic E-state index is -0.802. The van der Waals surface area contributed by atoms with E-state index in [1.54, 1.807) is 0 Å². The average Bonchev–Trinajstić information content (AvgIpc) is 3.28. The van der Waals surface area contributed by atoms with Gasteiger partial charge in [-0.3, -0.25) is 4.79 Å². The molecule has 0 spiro atoms. The molecule has 0 fully saturated rings. The predicted molar refractivity (Wildman–Crippen MR) is 123 cm³/mol. The summed E-state index contributed by atoms with van der Waals surface area (Å²) < 4.78 is 12.0. The Morgan fingerprint density at radius 1 is 1.35 bits per heavy atom. The smallest absolute Gasteiger partial charge is 0.304 e. The summed E-state index contributed by atoms with van der Waals surface area (Å²) in [5.41, 5.74) is 5.05. The Hall–Kier alpha value is -2.75. The van der Waals surface area contributed by atoms with E-state index in [-0.39, 0.29) is 23.9 Å². The van der Waals surface area contributed by atoms with Crippen LogP contribution in [0.25, 0.3) is 0 Å². The molecule has 0 bridgehead atoms. The van der Waals surface area contributed by atoms with Crippen LogP contribution in [0.1, 0.15) is 63.9 Å². The fraction of sp³-hybridized carbons (Fsp3) is 0.444. The normalized spacial score (nSPS) is 25.9. The van der Waals surface area contributed by atoms with Gasteiger partial charge in [0.1, 0.15) is 17.6 Å². The van der Waals surface area contributed by atoms with Crippen LogP contribution in [0.3, 0.4) is 0 Å². The molecule has 3 aliphatic rings. The highest BCUT2D eigenvalue weighted by molar-refractivity contribution is 5.68. The van der Waals surface area contributed by atoms with Crippen LogP contribution < -0.4 is 9.47 Å². The Bertz CT molecular complexity index is 963. The first kappa shape index (κ1) is 21.5. The Balaban J connectivity index is 1.42. The van der Waals surface area contributed by atoms with Crippen molar-refractivity contribution in [2.75, 3.05) is 6.61 Å². The Morgan fingerprint density at radius 2 is 2.19 bits per heavy atom. The zero-order valence-corrected chi connectivity index (χ0v) is 18.5. The lowest BCUT2D eigenvalue weighted by atomic mass is 9.79. The molecule has 0 aromatic heterocycles. The third-order valence-electron chi connectivity index (χ3n) is 6.67. The molecular formula is C27H32O4. The summed E-state index contributed by atoms with van der Waals surface area (Å²) in [4.78, 5) is 11.1. The van der Waals surface area contributed by atoms with Crippen molar-refractivity contribution in [2.24, 2.45) is 5.41 Å². The molecule has 1 aromatic carbocycles. The van der Waals surface area contributed by atoms with E-state index in [0.29, 0.717) is 6.61 Å². The van der Waals surface area contributed by atoms with Gasteiger partial charge in [-0.25, -0.2) is 0 Å². The monoisotopic (exact) mass is 420 g/mol. The molecule has 4 rings (SSSR count). The molecule has 1 N–H and O–H groups in total. The van der Waals surface area contributed by atoms with Crippen molar-refractivity contribution in [2.45, 2.75) is 64.4 Å². The maximum absolute atomic E-state index is 11.1. The van der Waals surface area contributed by atoms with Crippen molar-refractivity contribution in [1.29, 1.82) is 0 Å². The summed E-state index contributed by atoms with van der Waals surface area (Å²) in [5, 5.41) is 9.08. The lowest BCUT2D eigenvalue weighted by molar-refractivity contribution is -0.137. The van der Waals surface area contributed by atoms with E-state index in [0.717, 1.165) is 42.7 Å². The molecule has 1 aromatic rings. The first-order valence-electron chi connectivity index (χ1n) is 11.2. The predicted octanol–water partition coefficient (Wildman–Crippen LogP) is 6.35. The largest absolute Gasteiger partial charge is 0.492 e.